The summed E-state index contributed by atoms with van der Waals surface area (Å²) in [4.78, 5) is 2.36. The molecule has 4 heterocycles. The van der Waals surface area contributed by atoms with E-state index >= 15 is 0 Å². The van der Waals surface area contributed by atoms with Gasteiger partial charge in [-0.3, -0.25) is 5.41 Å². The van der Waals surface area contributed by atoms with Crippen LogP contribution in [-0.4, -0.2) is 23.9 Å². The molecular formula is C17H17N3O. The first-order valence-electron chi connectivity index (χ1n) is 7.49. The first-order chi connectivity index (χ1) is 10.3. The number of allylic oxidation sites excluding steroid dienone is 2. The van der Waals surface area contributed by atoms with Crippen molar-refractivity contribution >= 4 is 5.90 Å². The van der Waals surface area contributed by atoms with Gasteiger partial charge in [0.15, 0.2) is 0 Å². The first kappa shape index (κ1) is 12.5. The van der Waals surface area contributed by atoms with Crippen LogP contribution in [0.4, 0.5) is 0 Å². The Morgan fingerprint density at radius 3 is 2.57 bits per heavy atom. The summed E-state index contributed by atoms with van der Waals surface area (Å²) in [5.41, 5.74) is 2.27. The van der Waals surface area contributed by atoms with Crippen molar-refractivity contribution in [3.63, 3.8) is 0 Å². The summed E-state index contributed by atoms with van der Waals surface area (Å²) in [5.74, 6) is 0.911. The highest BCUT2D eigenvalue weighted by Crippen LogP contribution is 2.48. The number of hydrogen-bond acceptors (Lipinski definition) is 4. The van der Waals surface area contributed by atoms with Gasteiger partial charge in [-0.15, -0.1) is 0 Å². The van der Waals surface area contributed by atoms with E-state index in [0.29, 0.717) is 5.92 Å². The van der Waals surface area contributed by atoms with Crippen LogP contribution in [0, 0.1) is 28.6 Å². The Balaban J connectivity index is 1.89. The zero-order chi connectivity index (χ0) is 14.4. The van der Waals surface area contributed by atoms with E-state index < -0.39 is 5.92 Å². The van der Waals surface area contributed by atoms with E-state index in [1.165, 1.54) is 0 Å². The zero-order valence-corrected chi connectivity index (χ0v) is 11.7. The molecule has 5 rings (SSSR count). The van der Waals surface area contributed by atoms with Gasteiger partial charge >= 0.3 is 0 Å². The van der Waals surface area contributed by atoms with Crippen LogP contribution >= 0.6 is 0 Å². The highest BCUT2D eigenvalue weighted by atomic mass is 16.5. The van der Waals surface area contributed by atoms with Gasteiger partial charge < -0.3 is 9.64 Å². The molecule has 1 aromatic rings. The number of nitrogens with one attached hydrogen (secondary N) is 1. The molecule has 0 spiro atoms. The summed E-state index contributed by atoms with van der Waals surface area (Å²) in [6, 6.07) is 12.4. The van der Waals surface area contributed by atoms with Crippen molar-refractivity contribution in [2.45, 2.75) is 18.8 Å². The minimum absolute atomic E-state index is 0.0597. The first-order valence-corrected chi connectivity index (χ1v) is 7.49. The monoisotopic (exact) mass is 279 g/mol. The predicted octanol–water partition coefficient (Wildman–Crippen LogP) is 2.85. The summed E-state index contributed by atoms with van der Waals surface area (Å²) in [5, 5.41) is 17.7. The third-order valence-electron chi connectivity index (χ3n) is 4.89. The van der Waals surface area contributed by atoms with Crippen molar-refractivity contribution in [2.24, 2.45) is 11.8 Å². The molecule has 0 saturated carbocycles. The largest absolute Gasteiger partial charge is 0.444 e. The molecule has 21 heavy (non-hydrogen) atoms. The van der Waals surface area contributed by atoms with Gasteiger partial charge in [-0.05, 0) is 18.4 Å². The number of piperidine rings is 1. The van der Waals surface area contributed by atoms with E-state index in [1.54, 1.807) is 0 Å². The van der Waals surface area contributed by atoms with Crippen molar-refractivity contribution in [2.75, 3.05) is 13.1 Å². The van der Waals surface area contributed by atoms with Crippen LogP contribution < -0.4 is 0 Å². The van der Waals surface area contributed by atoms with Crippen molar-refractivity contribution < 1.29 is 4.74 Å². The highest BCUT2D eigenvalue weighted by molar-refractivity contribution is 5.82. The van der Waals surface area contributed by atoms with Crippen LogP contribution in [0.2, 0.25) is 0 Å². The van der Waals surface area contributed by atoms with Gasteiger partial charge in [-0.2, -0.15) is 5.26 Å². The molecule has 0 radical (unpaired) electrons. The smallest absolute Gasteiger partial charge is 0.205 e. The Hall–Kier alpha value is -2.28. The lowest BCUT2D eigenvalue weighted by Gasteiger charge is -2.48. The lowest BCUT2D eigenvalue weighted by molar-refractivity contribution is 0.120. The zero-order valence-electron chi connectivity index (χ0n) is 11.7. The molecular weight excluding hydrogens is 262 g/mol. The third-order valence-corrected chi connectivity index (χ3v) is 4.89. The minimum Gasteiger partial charge on any atom is -0.444 e. The second kappa shape index (κ2) is 4.63. The van der Waals surface area contributed by atoms with E-state index in [1.807, 2.05) is 18.2 Å². The van der Waals surface area contributed by atoms with Gasteiger partial charge in [-0.1, -0.05) is 30.3 Å². The van der Waals surface area contributed by atoms with Gasteiger partial charge in [0.1, 0.15) is 11.7 Å². The van der Waals surface area contributed by atoms with Gasteiger partial charge in [-0.25, -0.2) is 0 Å². The standard InChI is InChI=1S/C17H17N3O/c18-10-13-14(11-4-2-1-3-5-11)15-16(21-17(13)19)12-6-8-20(15)9-7-12/h1-5,12-14,19H,6-9H2/t13-,14+/m1/s1. The topological polar surface area (TPSA) is 60.1 Å². The molecule has 4 aliphatic heterocycles. The normalized spacial score (nSPS) is 28.1. The molecule has 4 heteroatoms. The maximum absolute atomic E-state index is 9.54. The lowest BCUT2D eigenvalue weighted by Crippen LogP contribution is -2.47. The summed E-state index contributed by atoms with van der Waals surface area (Å²) in [6.07, 6.45) is 2.20. The average Bonchev–Trinajstić information content (AvgIpc) is 2.55. The second-order valence-corrected chi connectivity index (χ2v) is 5.97. The van der Waals surface area contributed by atoms with Crippen LogP contribution in [0.25, 0.3) is 0 Å². The Kier molecular flexibility index (Phi) is 2.75. The summed E-state index contributed by atoms with van der Waals surface area (Å²) >= 11 is 0. The molecule has 0 aliphatic carbocycles. The fourth-order valence-corrected chi connectivity index (χ4v) is 3.87. The minimum atomic E-state index is -0.523. The molecule has 1 N–H and O–H groups in total. The quantitative estimate of drug-likeness (QED) is 0.860. The van der Waals surface area contributed by atoms with E-state index in [-0.39, 0.29) is 11.8 Å². The molecule has 0 amide bonds. The van der Waals surface area contributed by atoms with Crippen LogP contribution in [-0.2, 0) is 4.74 Å². The van der Waals surface area contributed by atoms with Crippen LogP contribution in [0.15, 0.2) is 41.8 Å². The molecule has 2 atom stereocenters. The maximum atomic E-state index is 9.54. The molecule has 0 aromatic heterocycles. The number of fused-ring (bicyclic) bond motifs is 2. The van der Waals surface area contributed by atoms with E-state index in [9.17, 15) is 5.26 Å². The summed E-state index contributed by atoms with van der Waals surface area (Å²) in [6.45, 7) is 2.09. The summed E-state index contributed by atoms with van der Waals surface area (Å²) in [7, 11) is 0. The molecule has 4 nitrogen and oxygen atoms in total. The van der Waals surface area contributed by atoms with Crippen molar-refractivity contribution in [3.8, 4) is 6.07 Å². The molecule has 0 unspecified atom stereocenters. The van der Waals surface area contributed by atoms with Crippen molar-refractivity contribution in [3.05, 3.63) is 47.4 Å². The average molecular weight is 279 g/mol. The molecule has 1 saturated heterocycles. The predicted molar refractivity (Wildman–Crippen MR) is 78.4 cm³/mol. The number of ether oxygens (including phenoxy) is 1. The lowest BCUT2D eigenvalue weighted by atomic mass is 9.75. The third kappa shape index (κ3) is 1.77. The molecule has 106 valence electrons. The summed E-state index contributed by atoms with van der Waals surface area (Å²) < 4.78 is 5.78. The van der Waals surface area contributed by atoms with Gasteiger partial charge in [0.2, 0.25) is 5.90 Å². The molecule has 1 aromatic carbocycles. The number of benzene rings is 1. The number of hydrogen-bond donors (Lipinski definition) is 1. The Morgan fingerprint density at radius 2 is 1.90 bits per heavy atom. The van der Waals surface area contributed by atoms with E-state index in [2.05, 4.69) is 23.1 Å². The fraction of sp³-hybridized carbons (Fsp3) is 0.412. The molecule has 2 bridgehead atoms. The number of nitrogens with zero attached hydrogens (tertiary/aromatic N) is 2. The Bertz CT molecular complexity index is 650. The highest BCUT2D eigenvalue weighted by Gasteiger charge is 2.46. The van der Waals surface area contributed by atoms with Crippen molar-refractivity contribution in [1.82, 2.24) is 4.90 Å². The fourth-order valence-electron chi connectivity index (χ4n) is 3.87. The van der Waals surface area contributed by atoms with Crippen molar-refractivity contribution in [1.29, 1.82) is 10.7 Å². The Labute approximate surface area is 124 Å². The SMILES string of the molecule is N#C[C@H]1C(=N)OC2=C([C@H]1c1ccccc1)N1CCC2CC1. The second-order valence-electron chi connectivity index (χ2n) is 5.97. The van der Waals surface area contributed by atoms with E-state index in [4.69, 9.17) is 10.1 Å². The number of rotatable bonds is 1. The van der Waals surface area contributed by atoms with Gasteiger partial charge in [0.25, 0.3) is 0 Å². The van der Waals surface area contributed by atoms with Crippen LogP contribution in [0.5, 0.6) is 0 Å². The molecule has 4 aliphatic rings. The molecule has 1 fully saturated rings. The van der Waals surface area contributed by atoms with Gasteiger partial charge in [0.05, 0.1) is 17.7 Å². The Morgan fingerprint density at radius 1 is 1.19 bits per heavy atom. The maximum Gasteiger partial charge on any atom is 0.205 e. The van der Waals surface area contributed by atoms with Gasteiger partial charge in [0, 0.05) is 19.0 Å². The van der Waals surface area contributed by atoms with Crippen LogP contribution in [0.1, 0.15) is 24.3 Å². The van der Waals surface area contributed by atoms with Crippen LogP contribution in [0.3, 0.4) is 0 Å². The van der Waals surface area contributed by atoms with E-state index in [0.717, 1.165) is 43.0 Å². The number of nitriles is 1.